The van der Waals surface area contributed by atoms with Crippen molar-refractivity contribution >= 4 is 34.5 Å². The molecule has 1 fully saturated rings. The first-order chi connectivity index (χ1) is 9.52. The van der Waals surface area contributed by atoms with Gasteiger partial charge in [-0.05, 0) is 31.2 Å². The molecule has 1 aliphatic heterocycles. The third kappa shape index (κ3) is 2.91. The first-order valence-corrected chi connectivity index (χ1v) is 6.92. The fraction of sp³-hybridized carbons (Fsp3) is 0.214. The van der Waals surface area contributed by atoms with Crippen LogP contribution < -0.4 is 0 Å². The molecule has 0 aromatic heterocycles. The fourth-order valence-corrected chi connectivity index (χ4v) is 2.75. The van der Waals surface area contributed by atoms with Crippen LogP contribution in [0.2, 0.25) is 0 Å². The predicted octanol–water partition coefficient (Wildman–Crippen LogP) is 2.52. The van der Waals surface area contributed by atoms with E-state index in [4.69, 9.17) is 5.11 Å². The number of rotatable bonds is 4. The maximum Gasteiger partial charge on any atom is 0.335 e. The second-order valence-corrected chi connectivity index (χ2v) is 5.55. The van der Waals surface area contributed by atoms with Gasteiger partial charge in [0.25, 0.3) is 0 Å². The van der Waals surface area contributed by atoms with Crippen LogP contribution in [0.15, 0.2) is 41.9 Å². The molecule has 1 atom stereocenters. The third-order valence-electron chi connectivity index (χ3n) is 2.78. The normalized spacial score (nSPS) is 20.4. The van der Waals surface area contributed by atoms with Crippen molar-refractivity contribution in [3.8, 4) is 0 Å². The van der Waals surface area contributed by atoms with Gasteiger partial charge in [-0.15, -0.1) is 6.58 Å². The van der Waals surface area contributed by atoms with Crippen molar-refractivity contribution in [2.24, 2.45) is 4.99 Å². The summed E-state index contributed by atoms with van der Waals surface area (Å²) in [6, 6.07) is 6.22. The Morgan fingerprint density at radius 1 is 1.50 bits per heavy atom. The number of benzene rings is 1. The minimum atomic E-state index is -0.975. The molecule has 0 radical (unpaired) electrons. The average Bonchev–Trinajstić information content (AvgIpc) is 2.68. The largest absolute Gasteiger partial charge is 0.478 e. The number of carboxylic acid groups (broad SMARTS) is 1. The van der Waals surface area contributed by atoms with Crippen LogP contribution in [0.25, 0.3) is 0 Å². The van der Waals surface area contributed by atoms with E-state index in [1.54, 1.807) is 23.1 Å². The van der Waals surface area contributed by atoms with Gasteiger partial charge in [0.1, 0.15) is 0 Å². The topological polar surface area (TPSA) is 70.0 Å². The minimum Gasteiger partial charge on any atom is -0.478 e. The standard InChI is InChI=1S/C14H14N2O3S/c1-3-8-16-12(17)9(2)20-14(16)15-11-6-4-10(5-7-11)13(18)19/h3-7,9H,1,8H2,2H3,(H,18,19). The van der Waals surface area contributed by atoms with Gasteiger partial charge in [-0.3, -0.25) is 9.69 Å². The zero-order valence-corrected chi connectivity index (χ0v) is 11.8. The molecule has 0 aliphatic carbocycles. The summed E-state index contributed by atoms with van der Waals surface area (Å²) in [6.07, 6.45) is 1.65. The summed E-state index contributed by atoms with van der Waals surface area (Å²) in [7, 11) is 0. The summed E-state index contributed by atoms with van der Waals surface area (Å²) < 4.78 is 0. The van der Waals surface area contributed by atoms with Gasteiger partial charge in [0.2, 0.25) is 5.91 Å². The number of aliphatic imine (C=N–C) groups is 1. The van der Waals surface area contributed by atoms with E-state index >= 15 is 0 Å². The molecule has 1 unspecified atom stereocenters. The number of nitrogens with zero attached hydrogens (tertiary/aromatic N) is 2. The third-order valence-corrected chi connectivity index (χ3v) is 3.86. The van der Waals surface area contributed by atoms with E-state index in [1.807, 2.05) is 6.92 Å². The van der Waals surface area contributed by atoms with E-state index in [-0.39, 0.29) is 16.7 Å². The lowest BCUT2D eigenvalue weighted by molar-refractivity contribution is -0.125. The number of carbonyl (C=O) groups excluding carboxylic acids is 1. The molecule has 104 valence electrons. The molecule has 1 amide bonds. The lowest BCUT2D eigenvalue weighted by atomic mass is 10.2. The average molecular weight is 290 g/mol. The lowest BCUT2D eigenvalue weighted by Crippen LogP contribution is -2.31. The van der Waals surface area contributed by atoms with Gasteiger partial charge in [0.15, 0.2) is 5.17 Å². The van der Waals surface area contributed by atoms with Gasteiger partial charge in [-0.25, -0.2) is 9.79 Å². The van der Waals surface area contributed by atoms with Gasteiger partial charge >= 0.3 is 5.97 Å². The highest BCUT2D eigenvalue weighted by Gasteiger charge is 2.34. The zero-order valence-electron chi connectivity index (χ0n) is 10.9. The van der Waals surface area contributed by atoms with Crippen LogP contribution >= 0.6 is 11.8 Å². The van der Waals surface area contributed by atoms with E-state index < -0.39 is 5.97 Å². The predicted molar refractivity (Wildman–Crippen MR) is 79.5 cm³/mol. The summed E-state index contributed by atoms with van der Waals surface area (Å²) in [4.78, 5) is 28.7. The van der Waals surface area contributed by atoms with Crippen molar-refractivity contribution in [3.05, 3.63) is 42.5 Å². The van der Waals surface area contributed by atoms with Crippen molar-refractivity contribution in [3.63, 3.8) is 0 Å². The van der Waals surface area contributed by atoms with Crippen molar-refractivity contribution in [2.75, 3.05) is 6.54 Å². The van der Waals surface area contributed by atoms with E-state index in [9.17, 15) is 9.59 Å². The minimum absolute atomic E-state index is 0.0100. The number of thioether (sulfide) groups is 1. The van der Waals surface area contributed by atoms with Gasteiger partial charge in [0.05, 0.1) is 16.5 Å². The molecule has 5 nitrogen and oxygen atoms in total. The number of amides is 1. The summed E-state index contributed by atoms with van der Waals surface area (Å²) >= 11 is 1.39. The number of hydrogen-bond acceptors (Lipinski definition) is 4. The molecule has 1 aromatic rings. The highest BCUT2D eigenvalue weighted by atomic mass is 32.2. The Bertz CT molecular complexity index is 581. The Kier molecular flexibility index (Phi) is 4.24. The highest BCUT2D eigenvalue weighted by molar-refractivity contribution is 8.15. The Hall–Kier alpha value is -2.08. The van der Waals surface area contributed by atoms with Crippen molar-refractivity contribution in [2.45, 2.75) is 12.2 Å². The molecule has 1 aromatic carbocycles. The smallest absolute Gasteiger partial charge is 0.335 e. The zero-order chi connectivity index (χ0) is 14.7. The molecule has 0 bridgehead atoms. The number of hydrogen-bond donors (Lipinski definition) is 1. The molecule has 6 heteroatoms. The van der Waals surface area contributed by atoms with Crippen molar-refractivity contribution < 1.29 is 14.7 Å². The molecule has 1 heterocycles. The lowest BCUT2D eigenvalue weighted by Gasteiger charge is -2.13. The molecular weight excluding hydrogens is 276 g/mol. The van der Waals surface area contributed by atoms with E-state index in [0.717, 1.165) is 0 Å². The van der Waals surface area contributed by atoms with E-state index in [2.05, 4.69) is 11.6 Å². The number of carboxylic acids is 1. The van der Waals surface area contributed by atoms with Crippen LogP contribution in [0, 0.1) is 0 Å². The van der Waals surface area contributed by atoms with Crippen LogP contribution in [0.1, 0.15) is 17.3 Å². The van der Waals surface area contributed by atoms with Crippen LogP contribution in [-0.2, 0) is 4.79 Å². The SMILES string of the molecule is C=CCN1C(=O)C(C)SC1=Nc1ccc(C(=O)O)cc1. The molecule has 1 saturated heterocycles. The molecule has 20 heavy (non-hydrogen) atoms. The van der Waals surface area contributed by atoms with Crippen LogP contribution in [-0.4, -0.2) is 38.8 Å². The second kappa shape index (κ2) is 5.92. The summed E-state index contributed by atoms with van der Waals surface area (Å²) in [5.74, 6) is -0.965. The van der Waals surface area contributed by atoms with Gasteiger partial charge in [-0.1, -0.05) is 17.8 Å². The van der Waals surface area contributed by atoms with E-state index in [1.165, 1.54) is 23.9 Å². The van der Waals surface area contributed by atoms with Crippen molar-refractivity contribution in [1.82, 2.24) is 4.90 Å². The quantitative estimate of drug-likeness (QED) is 0.865. The Morgan fingerprint density at radius 3 is 2.70 bits per heavy atom. The van der Waals surface area contributed by atoms with Crippen LogP contribution in [0.3, 0.4) is 0 Å². The van der Waals surface area contributed by atoms with Gasteiger partial charge in [0, 0.05) is 6.54 Å². The summed E-state index contributed by atoms with van der Waals surface area (Å²) in [5.41, 5.74) is 0.828. The van der Waals surface area contributed by atoms with Crippen LogP contribution in [0.5, 0.6) is 0 Å². The Balaban J connectivity index is 2.26. The second-order valence-electron chi connectivity index (χ2n) is 4.24. The Labute approximate surface area is 121 Å². The summed E-state index contributed by atoms with van der Waals surface area (Å²) in [5, 5.41) is 9.29. The maximum absolute atomic E-state index is 11.9. The van der Waals surface area contributed by atoms with Gasteiger partial charge in [-0.2, -0.15) is 0 Å². The maximum atomic E-state index is 11.9. The highest BCUT2D eigenvalue weighted by Crippen LogP contribution is 2.29. The Morgan fingerprint density at radius 2 is 2.15 bits per heavy atom. The number of aromatic carboxylic acids is 1. The number of carbonyl (C=O) groups is 2. The first-order valence-electron chi connectivity index (χ1n) is 6.04. The summed E-state index contributed by atoms with van der Waals surface area (Å²) in [6.45, 7) is 5.88. The van der Waals surface area contributed by atoms with Gasteiger partial charge < -0.3 is 5.11 Å². The van der Waals surface area contributed by atoms with Crippen LogP contribution in [0.4, 0.5) is 5.69 Å². The molecule has 0 spiro atoms. The fourth-order valence-electron chi connectivity index (χ4n) is 1.76. The first kappa shape index (κ1) is 14.3. The number of amidine groups is 1. The molecule has 1 N–H and O–H groups in total. The van der Waals surface area contributed by atoms with Crippen molar-refractivity contribution in [1.29, 1.82) is 0 Å². The molecule has 1 aliphatic rings. The molecule has 2 rings (SSSR count). The molecular formula is C14H14N2O3S. The molecule has 0 saturated carbocycles. The van der Waals surface area contributed by atoms with E-state index in [0.29, 0.717) is 17.4 Å². The monoisotopic (exact) mass is 290 g/mol.